The number of rotatable bonds is 40. The zero-order valence-electron chi connectivity index (χ0n) is 33.1. The number of nitrogens with two attached hydrogens (primary N) is 1. The van der Waals surface area contributed by atoms with Gasteiger partial charge in [-0.25, -0.2) is 4.57 Å². The van der Waals surface area contributed by atoms with Gasteiger partial charge in [0.05, 0.1) is 13.2 Å². The Labute approximate surface area is 313 Å². The van der Waals surface area contributed by atoms with Gasteiger partial charge in [-0.05, 0) is 38.5 Å². The van der Waals surface area contributed by atoms with E-state index in [1.165, 1.54) is 122 Å². The molecule has 0 rings (SSSR count). The van der Waals surface area contributed by atoms with Gasteiger partial charge in [0.25, 0.3) is 0 Å². The molecule has 302 valence electrons. The molecule has 1 unspecified atom stereocenters. The summed E-state index contributed by atoms with van der Waals surface area (Å²) in [4.78, 5) is 34.8. The molecule has 0 aliphatic rings. The summed E-state index contributed by atoms with van der Waals surface area (Å²) in [5.41, 5.74) is 5.34. The van der Waals surface area contributed by atoms with Crippen LogP contribution in [0.3, 0.4) is 0 Å². The predicted molar refractivity (Wildman–Crippen MR) is 211 cm³/mol. The van der Waals surface area contributed by atoms with Crippen molar-refractivity contribution < 1.29 is 37.6 Å². The van der Waals surface area contributed by atoms with E-state index in [2.05, 4.69) is 26.0 Å². The fourth-order valence-corrected chi connectivity index (χ4v) is 6.75. The minimum Gasteiger partial charge on any atom is -0.462 e. The van der Waals surface area contributed by atoms with E-state index in [0.29, 0.717) is 6.42 Å². The topological polar surface area (TPSA) is 134 Å². The van der Waals surface area contributed by atoms with Crippen molar-refractivity contribution in [2.75, 3.05) is 26.4 Å². The Morgan fingerprint density at radius 3 is 1.39 bits per heavy atom. The number of phosphoric ester groups is 1. The Balaban J connectivity index is 4.14. The molecule has 3 N–H and O–H groups in total. The summed E-state index contributed by atoms with van der Waals surface area (Å²) in [6, 6.07) is 0. The summed E-state index contributed by atoms with van der Waals surface area (Å²) in [7, 11) is -4.37. The molecule has 0 amide bonds. The van der Waals surface area contributed by atoms with E-state index in [4.69, 9.17) is 24.3 Å². The van der Waals surface area contributed by atoms with Crippen LogP contribution in [-0.2, 0) is 32.7 Å². The van der Waals surface area contributed by atoms with Crippen LogP contribution in [0.2, 0.25) is 0 Å². The maximum Gasteiger partial charge on any atom is 0.472 e. The summed E-state index contributed by atoms with van der Waals surface area (Å²) in [5, 5.41) is 0. The lowest BCUT2D eigenvalue weighted by atomic mass is 10.0. The van der Waals surface area contributed by atoms with Crippen LogP contribution in [-0.4, -0.2) is 49.3 Å². The van der Waals surface area contributed by atoms with E-state index in [1.807, 2.05) is 0 Å². The molecule has 10 heteroatoms. The molecule has 0 saturated carbocycles. The molecule has 0 radical (unpaired) electrons. The third kappa shape index (κ3) is 38.3. The molecule has 0 spiro atoms. The van der Waals surface area contributed by atoms with E-state index in [1.54, 1.807) is 0 Å². The molecule has 0 saturated heterocycles. The molecule has 51 heavy (non-hydrogen) atoms. The van der Waals surface area contributed by atoms with Gasteiger partial charge in [0, 0.05) is 19.4 Å². The van der Waals surface area contributed by atoms with Crippen LogP contribution in [0, 0.1) is 0 Å². The van der Waals surface area contributed by atoms with Crippen molar-refractivity contribution in [1.82, 2.24) is 0 Å². The maximum atomic E-state index is 12.5. The predicted octanol–water partition coefficient (Wildman–Crippen LogP) is 11.8. The highest BCUT2D eigenvalue weighted by molar-refractivity contribution is 7.47. The number of hydrogen-bond donors (Lipinski definition) is 2. The molecule has 2 atom stereocenters. The van der Waals surface area contributed by atoms with Crippen molar-refractivity contribution in [3.63, 3.8) is 0 Å². The van der Waals surface area contributed by atoms with Crippen LogP contribution in [0.1, 0.15) is 206 Å². The molecule has 0 fully saturated rings. The first-order chi connectivity index (χ1) is 24.8. The van der Waals surface area contributed by atoms with Crippen LogP contribution >= 0.6 is 7.82 Å². The number of allylic oxidation sites excluding steroid dienone is 2. The van der Waals surface area contributed by atoms with Crippen LogP contribution in [0.15, 0.2) is 12.2 Å². The fourth-order valence-electron chi connectivity index (χ4n) is 5.98. The smallest absolute Gasteiger partial charge is 0.462 e. The number of carbonyl (C=O) groups excluding carboxylic acids is 2. The van der Waals surface area contributed by atoms with Crippen LogP contribution in [0.5, 0.6) is 0 Å². The van der Waals surface area contributed by atoms with E-state index in [0.717, 1.165) is 51.4 Å². The average molecular weight is 746 g/mol. The first kappa shape index (κ1) is 49.8. The Bertz CT molecular complexity index is 856. The molecule has 0 aliphatic heterocycles. The highest BCUT2D eigenvalue weighted by Crippen LogP contribution is 2.43. The second kappa shape index (κ2) is 38.5. The second-order valence-electron chi connectivity index (χ2n) is 14.2. The van der Waals surface area contributed by atoms with Crippen LogP contribution in [0.25, 0.3) is 0 Å². The molecule has 0 heterocycles. The lowest BCUT2D eigenvalue weighted by Gasteiger charge is -2.19. The number of hydrogen-bond acceptors (Lipinski definition) is 8. The standard InChI is InChI=1S/C41H80NO8P/c1-3-5-7-9-11-13-15-17-19-20-22-23-25-27-29-31-33-40(43)47-37-39(38-49-51(45,46)48-36-35-42)50-41(44)34-32-30-28-26-24-21-18-16-14-12-10-8-6-4-2/h16,18,39H,3-15,17,19-38,42H2,1-2H3,(H,45,46)/b18-16+/t39-/m1/s1. The van der Waals surface area contributed by atoms with E-state index >= 15 is 0 Å². The largest absolute Gasteiger partial charge is 0.472 e. The van der Waals surface area contributed by atoms with Crippen molar-refractivity contribution in [3.05, 3.63) is 12.2 Å². The van der Waals surface area contributed by atoms with Gasteiger partial charge >= 0.3 is 19.8 Å². The van der Waals surface area contributed by atoms with Gasteiger partial charge in [-0.1, -0.05) is 167 Å². The quantitative estimate of drug-likeness (QED) is 0.0272. The highest BCUT2D eigenvalue weighted by atomic mass is 31.2. The number of carbonyl (C=O) groups is 2. The second-order valence-corrected chi connectivity index (χ2v) is 15.7. The zero-order chi connectivity index (χ0) is 37.5. The Hall–Kier alpha value is -1.25. The molecule has 0 aromatic rings. The lowest BCUT2D eigenvalue weighted by molar-refractivity contribution is -0.161. The molecule has 0 aliphatic carbocycles. The summed E-state index contributed by atoms with van der Waals surface area (Å²) in [5.74, 6) is -0.829. The first-order valence-corrected chi connectivity index (χ1v) is 22.7. The van der Waals surface area contributed by atoms with E-state index in [-0.39, 0.29) is 38.6 Å². The van der Waals surface area contributed by atoms with E-state index < -0.39 is 26.5 Å². The van der Waals surface area contributed by atoms with Crippen LogP contribution in [0.4, 0.5) is 0 Å². The summed E-state index contributed by atoms with van der Waals surface area (Å²) in [6.45, 7) is 3.73. The fraction of sp³-hybridized carbons (Fsp3) is 0.902. The van der Waals surface area contributed by atoms with Gasteiger partial charge in [-0.2, -0.15) is 0 Å². The number of ether oxygens (including phenoxy) is 2. The van der Waals surface area contributed by atoms with Crippen molar-refractivity contribution >= 4 is 19.8 Å². The number of unbranched alkanes of at least 4 members (excludes halogenated alkanes) is 25. The Morgan fingerprint density at radius 2 is 0.961 bits per heavy atom. The van der Waals surface area contributed by atoms with Crippen molar-refractivity contribution in [1.29, 1.82) is 0 Å². The minimum atomic E-state index is -4.37. The lowest BCUT2D eigenvalue weighted by Crippen LogP contribution is -2.29. The zero-order valence-corrected chi connectivity index (χ0v) is 34.0. The molecule has 0 aromatic heterocycles. The third-order valence-corrected chi connectivity index (χ3v) is 10.1. The molecule has 0 aromatic carbocycles. The normalized spacial score (nSPS) is 13.4. The maximum absolute atomic E-state index is 12.5. The first-order valence-electron chi connectivity index (χ1n) is 21.2. The van der Waals surface area contributed by atoms with Crippen molar-refractivity contribution in [2.45, 2.75) is 213 Å². The molecule has 0 bridgehead atoms. The monoisotopic (exact) mass is 746 g/mol. The Morgan fingerprint density at radius 1 is 0.569 bits per heavy atom. The van der Waals surface area contributed by atoms with Crippen molar-refractivity contribution in [3.8, 4) is 0 Å². The molecular weight excluding hydrogens is 665 g/mol. The van der Waals surface area contributed by atoms with Gasteiger partial charge in [0.1, 0.15) is 6.61 Å². The molecular formula is C41H80NO8P. The van der Waals surface area contributed by atoms with Gasteiger partial charge in [0.15, 0.2) is 6.10 Å². The third-order valence-electron chi connectivity index (χ3n) is 9.15. The average Bonchev–Trinajstić information content (AvgIpc) is 3.11. The molecule has 9 nitrogen and oxygen atoms in total. The van der Waals surface area contributed by atoms with E-state index in [9.17, 15) is 19.0 Å². The van der Waals surface area contributed by atoms with Crippen molar-refractivity contribution in [2.24, 2.45) is 5.73 Å². The van der Waals surface area contributed by atoms with Gasteiger partial charge in [0.2, 0.25) is 0 Å². The van der Waals surface area contributed by atoms with Gasteiger partial charge < -0.3 is 20.1 Å². The number of esters is 2. The Kier molecular flexibility index (Phi) is 37.5. The summed E-state index contributed by atoms with van der Waals surface area (Å²) >= 11 is 0. The van der Waals surface area contributed by atoms with Crippen LogP contribution < -0.4 is 5.73 Å². The summed E-state index contributed by atoms with van der Waals surface area (Å²) in [6.07, 6.45) is 38.1. The number of phosphoric acid groups is 1. The highest BCUT2D eigenvalue weighted by Gasteiger charge is 2.26. The summed E-state index contributed by atoms with van der Waals surface area (Å²) < 4.78 is 32.7. The van der Waals surface area contributed by atoms with Gasteiger partial charge in [-0.15, -0.1) is 0 Å². The SMILES string of the molecule is CCCCCCC/C=C/CCCCCCCC(=O)O[C@H](COC(=O)CCCCCCCCCCCCCCCCCC)COP(=O)(O)OCCN. The van der Waals surface area contributed by atoms with Gasteiger partial charge in [-0.3, -0.25) is 18.6 Å². The minimum absolute atomic E-state index is 0.0548.